The maximum absolute atomic E-state index is 13.5. The van der Waals surface area contributed by atoms with Crippen molar-refractivity contribution in [2.75, 3.05) is 25.0 Å². The molecule has 0 saturated carbocycles. The monoisotopic (exact) mass is 414 g/mol. The first-order valence-electron chi connectivity index (χ1n) is 9.39. The van der Waals surface area contributed by atoms with Gasteiger partial charge in [0.15, 0.2) is 0 Å². The number of nitrogens with zero attached hydrogens (tertiary/aromatic N) is 2. The first kappa shape index (κ1) is 19.5. The number of rotatable bonds is 4. The third kappa shape index (κ3) is 4.31. The van der Waals surface area contributed by atoms with Gasteiger partial charge < -0.3 is 10.6 Å². The molecular weight excluding hydrogens is 395 g/mol. The highest BCUT2D eigenvalue weighted by Gasteiger charge is 2.42. The van der Waals surface area contributed by atoms with Crippen LogP contribution in [0.5, 0.6) is 0 Å². The van der Waals surface area contributed by atoms with Crippen LogP contribution in [0.4, 0.5) is 10.1 Å². The molecule has 0 bridgehead atoms. The summed E-state index contributed by atoms with van der Waals surface area (Å²) in [4.78, 5) is 31.3. The number of halogens is 2. The van der Waals surface area contributed by atoms with Crippen LogP contribution in [0, 0.1) is 5.82 Å². The number of anilines is 1. The number of amides is 2. The summed E-state index contributed by atoms with van der Waals surface area (Å²) in [6.45, 7) is 1.45. The summed E-state index contributed by atoms with van der Waals surface area (Å²) in [7, 11) is 0. The minimum absolute atomic E-state index is 0.145. The van der Waals surface area contributed by atoms with Crippen molar-refractivity contribution in [3.05, 3.63) is 64.9 Å². The third-order valence-electron chi connectivity index (χ3n) is 5.18. The topological polar surface area (TPSA) is 73.8 Å². The second-order valence-electron chi connectivity index (χ2n) is 7.26. The molecule has 2 aromatic rings. The molecule has 1 spiro atoms. The quantitative estimate of drug-likeness (QED) is 0.808. The fourth-order valence-electron chi connectivity index (χ4n) is 3.67. The second-order valence-corrected chi connectivity index (χ2v) is 7.67. The van der Waals surface area contributed by atoms with Gasteiger partial charge in [-0.2, -0.15) is 0 Å². The molecule has 6 nitrogen and oxygen atoms in total. The van der Waals surface area contributed by atoms with E-state index in [0.717, 1.165) is 0 Å². The van der Waals surface area contributed by atoms with Crippen LogP contribution in [0.25, 0.3) is 0 Å². The van der Waals surface area contributed by atoms with Gasteiger partial charge in [-0.25, -0.2) is 4.39 Å². The molecule has 1 saturated heterocycles. The van der Waals surface area contributed by atoms with E-state index in [1.807, 2.05) is 11.0 Å². The van der Waals surface area contributed by atoms with Gasteiger partial charge in [0.2, 0.25) is 5.91 Å². The van der Waals surface area contributed by atoms with E-state index in [9.17, 15) is 14.0 Å². The van der Waals surface area contributed by atoms with Gasteiger partial charge >= 0.3 is 0 Å². The summed E-state index contributed by atoms with van der Waals surface area (Å²) in [6, 6.07) is 13.0. The Morgan fingerprint density at radius 1 is 1.21 bits per heavy atom. The predicted octanol–water partition coefficient (Wildman–Crippen LogP) is 2.83. The number of carbonyl (C=O) groups is 2. The Balaban J connectivity index is 1.37. The van der Waals surface area contributed by atoms with Crippen molar-refractivity contribution in [2.24, 2.45) is 4.99 Å². The Labute approximate surface area is 172 Å². The standard InChI is InChI=1S/C21H20ClFN4O2/c22-16-6-1-2-7-17(16)24-18(28)13-27-10-8-21(9-11-27)25-19(20(29)26-21)14-4-3-5-15(23)12-14/h1-7,12H,8-11,13H2,(H,24,28)(H,26,29). The molecule has 0 aliphatic carbocycles. The van der Waals surface area contributed by atoms with Gasteiger partial charge in [-0.3, -0.25) is 19.5 Å². The highest BCUT2D eigenvalue weighted by atomic mass is 35.5. The number of nitrogens with one attached hydrogen (secondary N) is 2. The van der Waals surface area contributed by atoms with Gasteiger partial charge in [0, 0.05) is 31.5 Å². The molecule has 29 heavy (non-hydrogen) atoms. The molecule has 2 amide bonds. The van der Waals surface area contributed by atoms with Crippen LogP contribution < -0.4 is 10.6 Å². The Bertz CT molecular complexity index is 986. The molecule has 2 N–H and O–H groups in total. The molecule has 2 aliphatic rings. The van der Waals surface area contributed by atoms with E-state index in [-0.39, 0.29) is 24.1 Å². The summed E-state index contributed by atoms with van der Waals surface area (Å²) in [5.74, 6) is -0.840. The zero-order valence-corrected chi connectivity index (χ0v) is 16.4. The molecule has 150 valence electrons. The molecule has 8 heteroatoms. The number of benzene rings is 2. The van der Waals surface area contributed by atoms with Crippen molar-refractivity contribution >= 4 is 34.8 Å². The van der Waals surface area contributed by atoms with Crippen LogP contribution in [0.2, 0.25) is 5.02 Å². The molecule has 1 fully saturated rings. The van der Waals surface area contributed by atoms with Crippen molar-refractivity contribution in [3.63, 3.8) is 0 Å². The lowest BCUT2D eigenvalue weighted by Gasteiger charge is -2.36. The van der Waals surface area contributed by atoms with E-state index in [4.69, 9.17) is 11.6 Å². The van der Waals surface area contributed by atoms with Crippen LogP contribution in [0.1, 0.15) is 18.4 Å². The predicted molar refractivity (Wildman–Crippen MR) is 110 cm³/mol. The Morgan fingerprint density at radius 2 is 1.97 bits per heavy atom. The maximum atomic E-state index is 13.5. The average Bonchev–Trinajstić information content (AvgIpc) is 3.02. The van der Waals surface area contributed by atoms with Crippen LogP contribution in [-0.2, 0) is 9.59 Å². The largest absolute Gasteiger partial charge is 0.326 e. The molecular formula is C21H20ClFN4O2. The highest BCUT2D eigenvalue weighted by Crippen LogP contribution is 2.29. The van der Waals surface area contributed by atoms with E-state index in [2.05, 4.69) is 15.6 Å². The second kappa shape index (κ2) is 7.93. The van der Waals surface area contributed by atoms with Crippen LogP contribution >= 0.6 is 11.6 Å². The lowest BCUT2D eigenvalue weighted by Crippen LogP contribution is -2.52. The maximum Gasteiger partial charge on any atom is 0.272 e. The minimum Gasteiger partial charge on any atom is -0.326 e. The molecule has 0 unspecified atom stereocenters. The van der Waals surface area contributed by atoms with Gasteiger partial charge in [-0.1, -0.05) is 35.9 Å². The van der Waals surface area contributed by atoms with Crippen LogP contribution in [0.3, 0.4) is 0 Å². The molecule has 2 aromatic carbocycles. The number of hydrogen-bond acceptors (Lipinski definition) is 4. The van der Waals surface area contributed by atoms with Crippen LogP contribution in [-0.4, -0.2) is 47.7 Å². The van der Waals surface area contributed by atoms with Crippen molar-refractivity contribution in [1.29, 1.82) is 0 Å². The van der Waals surface area contributed by atoms with Crippen LogP contribution in [0.15, 0.2) is 53.5 Å². The summed E-state index contributed by atoms with van der Waals surface area (Å²) < 4.78 is 13.5. The summed E-state index contributed by atoms with van der Waals surface area (Å²) in [5.41, 5.74) is 0.629. The third-order valence-corrected chi connectivity index (χ3v) is 5.51. The molecule has 0 aromatic heterocycles. The van der Waals surface area contributed by atoms with E-state index in [1.165, 1.54) is 12.1 Å². The van der Waals surface area contributed by atoms with Crippen molar-refractivity contribution in [2.45, 2.75) is 18.5 Å². The van der Waals surface area contributed by atoms with Gasteiger partial charge in [-0.15, -0.1) is 0 Å². The zero-order valence-electron chi connectivity index (χ0n) is 15.6. The first-order chi connectivity index (χ1) is 13.9. The molecule has 2 aliphatic heterocycles. The van der Waals surface area contributed by atoms with Gasteiger partial charge in [0.25, 0.3) is 5.91 Å². The smallest absolute Gasteiger partial charge is 0.272 e. The Hall–Kier alpha value is -2.77. The summed E-state index contributed by atoms with van der Waals surface area (Å²) >= 11 is 6.07. The lowest BCUT2D eigenvalue weighted by molar-refractivity contribution is -0.119. The fraction of sp³-hybridized carbons (Fsp3) is 0.286. The van der Waals surface area contributed by atoms with E-state index in [0.29, 0.717) is 42.2 Å². The van der Waals surface area contributed by atoms with Gasteiger partial charge in [0.1, 0.15) is 17.2 Å². The zero-order chi connectivity index (χ0) is 20.4. The number of hydrogen-bond donors (Lipinski definition) is 2. The summed E-state index contributed by atoms with van der Waals surface area (Å²) in [5, 5.41) is 6.25. The Kier molecular flexibility index (Phi) is 5.34. The normalized spacial score (nSPS) is 18.4. The average molecular weight is 415 g/mol. The number of piperidine rings is 1. The number of para-hydroxylation sites is 1. The summed E-state index contributed by atoms with van der Waals surface area (Å²) in [6.07, 6.45) is 1.16. The van der Waals surface area contributed by atoms with E-state index in [1.54, 1.807) is 30.3 Å². The molecule has 4 rings (SSSR count). The van der Waals surface area contributed by atoms with Gasteiger partial charge in [0.05, 0.1) is 17.3 Å². The first-order valence-corrected chi connectivity index (χ1v) is 9.77. The number of likely N-dealkylation sites (tertiary alicyclic amines) is 1. The van der Waals surface area contributed by atoms with Gasteiger partial charge in [-0.05, 0) is 24.3 Å². The molecule has 0 atom stereocenters. The van der Waals surface area contributed by atoms with E-state index < -0.39 is 11.5 Å². The Morgan fingerprint density at radius 3 is 2.69 bits per heavy atom. The molecule has 2 heterocycles. The number of carbonyl (C=O) groups excluding carboxylic acids is 2. The SMILES string of the molecule is O=C(CN1CCC2(CC1)N=C(c1cccc(F)c1)C(=O)N2)Nc1ccccc1Cl. The van der Waals surface area contributed by atoms with Crippen molar-refractivity contribution in [3.8, 4) is 0 Å². The van der Waals surface area contributed by atoms with Crippen molar-refractivity contribution < 1.29 is 14.0 Å². The molecule has 0 radical (unpaired) electrons. The lowest BCUT2D eigenvalue weighted by atomic mass is 9.98. The van der Waals surface area contributed by atoms with E-state index >= 15 is 0 Å². The van der Waals surface area contributed by atoms with Crippen molar-refractivity contribution in [1.82, 2.24) is 10.2 Å². The highest BCUT2D eigenvalue weighted by molar-refractivity contribution is 6.46. The minimum atomic E-state index is -0.686. The fourth-order valence-corrected chi connectivity index (χ4v) is 3.85. The number of aliphatic imine (C=N–C) groups is 1.